The number of aromatic hydroxyl groups is 2. The highest BCUT2D eigenvalue weighted by molar-refractivity contribution is 5.85. The number of para-hydroxylation sites is 2. The summed E-state index contributed by atoms with van der Waals surface area (Å²) in [6.07, 6.45) is 0. The number of phenolic OH excluding ortho intramolecular Hbond substituents is 2. The second kappa shape index (κ2) is 9.27. The Morgan fingerprint density at radius 3 is 1.11 bits per heavy atom. The minimum absolute atomic E-state index is 0. The van der Waals surface area contributed by atoms with Crippen molar-refractivity contribution in [1.82, 2.24) is 0 Å². The number of hydrogen-bond donors (Lipinski definition) is 4. The van der Waals surface area contributed by atoms with Crippen molar-refractivity contribution in [2.24, 2.45) is 0 Å². The van der Waals surface area contributed by atoms with Gasteiger partial charge in [-0.25, -0.2) is 0 Å². The molecule has 0 radical (unpaired) electrons. The first kappa shape index (κ1) is 18.6. The number of nitrogens with two attached hydrogens (primary N) is 2. The standard InChI is InChI=1S/C6H8N2.C6H6O2.2ClH/c7-5-1-2-6(8)4-3-5;7-5-3-1-2-4-6(5)8;;/h1-4H,7-8H2;1-4,7-8H;2*1H. The van der Waals surface area contributed by atoms with E-state index in [-0.39, 0.29) is 36.3 Å². The molecule has 4 nitrogen and oxygen atoms in total. The Bertz CT molecular complexity index is 408. The van der Waals surface area contributed by atoms with Gasteiger partial charge >= 0.3 is 0 Å². The fourth-order valence-electron chi connectivity index (χ4n) is 0.960. The van der Waals surface area contributed by atoms with E-state index in [2.05, 4.69) is 0 Å². The maximum absolute atomic E-state index is 8.67. The van der Waals surface area contributed by atoms with Crippen LogP contribution in [-0.4, -0.2) is 10.2 Å². The Kier molecular flexibility index (Phi) is 9.57. The van der Waals surface area contributed by atoms with E-state index < -0.39 is 0 Å². The lowest BCUT2D eigenvalue weighted by atomic mass is 10.3. The second-order valence-electron chi connectivity index (χ2n) is 3.16. The zero-order valence-corrected chi connectivity index (χ0v) is 11.1. The monoisotopic (exact) mass is 290 g/mol. The molecule has 0 spiro atoms. The van der Waals surface area contributed by atoms with Crippen LogP contribution in [0.2, 0.25) is 0 Å². The highest BCUT2D eigenvalue weighted by Crippen LogP contribution is 2.21. The molecule has 0 aliphatic rings. The quantitative estimate of drug-likeness (QED) is 0.443. The third kappa shape index (κ3) is 6.73. The molecule has 0 heterocycles. The molecule has 0 aliphatic carbocycles. The van der Waals surface area contributed by atoms with Gasteiger partial charge in [0.25, 0.3) is 0 Å². The van der Waals surface area contributed by atoms with Crippen LogP contribution in [-0.2, 0) is 0 Å². The summed E-state index contributed by atoms with van der Waals surface area (Å²) >= 11 is 0. The normalized spacial score (nSPS) is 8.00. The average Bonchev–Trinajstić information content (AvgIpc) is 2.28. The zero-order valence-electron chi connectivity index (χ0n) is 9.48. The first-order valence-corrected chi connectivity index (χ1v) is 4.67. The fourth-order valence-corrected chi connectivity index (χ4v) is 0.960. The van der Waals surface area contributed by atoms with Crippen molar-refractivity contribution in [1.29, 1.82) is 0 Å². The minimum Gasteiger partial charge on any atom is -0.504 e. The third-order valence-electron chi connectivity index (χ3n) is 1.82. The molecule has 0 atom stereocenters. The van der Waals surface area contributed by atoms with Gasteiger partial charge in [0.1, 0.15) is 0 Å². The summed E-state index contributed by atoms with van der Waals surface area (Å²) < 4.78 is 0. The van der Waals surface area contributed by atoms with Gasteiger partial charge in [-0.3, -0.25) is 0 Å². The molecule has 2 aromatic carbocycles. The second-order valence-corrected chi connectivity index (χ2v) is 3.16. The van der Waals surface area contributed by atoms with Crippen molar-refractivity contribution in [3.63, 3.8) is 0 Å². The Morgan fingerprint density at radius 1 is 0.611 bits per heavy atom. The van der Waals surface area contributed by atoms with Gasteiger partial charge in [-0.2, -0.15) is 0 Å². The molecule has 0 amide bonds. The van der Waals surface area contributed by atoms with Crippen LogP contribution in [0.5, 0.6) is 11.5 Å². The largest absolute Gasteiger partial charge is 0.504 e. The number of benzene rings is 2. The van der Waals surface area contributed by atoms with Crippen LogP contribution >= 0.6 is 24.8 Å². The van der Waals surface area contributed by atoms with Gasteiger partial charge in [-0.1, -0.05) is 12.1 Å². The molecule has 2 aromatic rings. The van der Waals surface area contributed by atoms with E-state index >= 15 is 0 Å². The molecule has 100 valence electrons. The predicted molar refractivity (Wildman–Crippen MR) is 79.5 cm³/mol. The molecular weight excluding hydrogens is 275 g/mol. The van der Waals surface area contributed by atoms with Crippen LogP contribution in [0.3, 0.4) is 0 Å². The van der Waals surface area contributed by atoms with Gasteiger partial charge in [0, 0.05) is 11.4 Å². The van der Waals surface area contributed by atoms with Gasteiger partial charge < -0.3 is 21.7 Å². The van der Waals surface area contributed by atoms with E-state index in [1.165, 1.54) is 12.1 Å². The molecule has 0 aliphatic heterocycles. The van der Waals surface area contributed by atoms with Crippen LogP contribution < -0.4 is 11.5 Å². The molecule has 2 rings (SSSR count). The van der Waals surface area contributed by atoms with E-state index in [1.807, 2.05) is 0 Å². The van der Waals surface area contributed by atoms with Crippen molar-refractivity contribution in [3.05, 3.63) is 48.5 Å². The van der Waals surface area contributed by atoms with E-state index in [4.69, 9.17) is 21.7 Å². The fraction of sp³-hybridized carbons (Fsp3) is 0. The highest BCUT2D eigenvalue weighted by Gasteiger charge is 1.90. The first-order chi connectivity index (χ1) is 7.59. The Balaban J connectivity index is 0. The molecular formula is C12H16Cl2N2O2. The lowest BCUT2D eigenvalue weighted by Crippen LogP contribution is -1.86. The summed E-state index contributed by atoms with van der Waals surface area (Å²) in [5.41, 5.74) is 12.2. The van der Waals surface area contributed by atoms with Gasteiger partial charge in [-0.05, 0) is 36.4 Å². The number of rotatable bonds is 0. The summed E-state index contributed by atoms with van der Waals surface area (Å²) in [6.45, 7) is 0. The van der Waals surface area contributed by atoms with Crippen molar-refractivity contribution < 1.29 is 10.2 Å². The molecule has 6 heteroatoms. The van der Waals surface area contributed by atoms with Crippen LogP contribution in [0.4, 0.5) is 11.4 Å². The number of anilines is 2. The Morgan fingerprint density at radius 2 is 0.889 bits per heavy atom. The van der Waals surface area contributed by atoms with Crippen LogP contribution in [0.1, 0.15) is 0 Å². The van der Waals surface area contributed by atoms with E-state index in [9.17, 15) is 0 Å². The van der Waals surface area contributed by atoms with Crippen molar-refractivity contribution in [2.75, 3.05) is 11.5 Å². The number of halogens is 2. The average molecular weight is 291 g/mol. The molecule has 0 saturated carbocycles. The molecule has 0 bridgehead atoms. The number of phenols is 2. The first-order valence-electron chi connectivity index (χ1n) is 4.67. The van der Waals surface area contributed by atoms with Gasteiger partial charge in [0.15, 0.2) is 11.5 Å². The van der Waals surface area contributed by atoms with Crippen LogP contribution in [0.25, 0.3) is 0 Å². The third-order valence-corrected chi connectivity index (χ3v) is 1.82. The molecule has 18 heavy (non-hydrogen) atoms. The summed E-state index contributed by atoms with van der Waals surface area (Å²) in [6, 6.07) is 13.2. The summed E-state index contributed by atoms with van der Waals surface area (Å²) in [5, 5.41) is 17.3. The molecule has 0 saturated heterocycles. The molecule has 0 fully saturated rings. The van der Waals surface area contributed by atoms with Crippen LogP contribution in [0, 0.1) is 0 Å². The Labute approximate surface area is 118 Å². The predicted octanol–water partition coefficient (Wildman–Crippen LogP) is 2.79. The molecule has 0 unspecified atom stereocenters. The number of nitrogen functional groups attached to an aromatic ring is 2. The van der Waals surface area contributed by atoms with Crippen molar-refractivity contribution in [2.45, 2.75) is 0 Å². The van der Waals surface area contributed by atoms with Gasteiger partial charge in [0.05, 0.1) is 0 Å². The summed E-state index contributed by atoms with van der Waals surface area (Å²) in [5.74, 6) is -0.153. The van der Waals surface area contributed by atoms with E-state index in [1.54, 1.807) is 36.4 Å². The lowest BCUT2D eigenvalue weighted by Gasteiger charge is -1.91. The minimum atomic E-state index is -0.0764. The molecule has 0 aromatic heterocycles. The molecule has 6 N–H and O–H groups in total. The Hall–Kier alpha value is -1.78. The number of hydrogen-bond acceptors (Lipinski definition) is 4. The van der Waals surface area contributed by atoms with Crippen molar-refractivity contribution >= 4 is 36.2 Å². The smallest absolute Gasteiger partial charge is 0.157 e. The summed E-state index contributed by atoms with van der Waals surface area (Å²) in [7, 11) is 0. The van der Waals surface area contributed by atoms with Gasteiger partial charge in [-0.15, -0.1) is 24.8 Å². The van der Waals surface area contributed by atoms with Gasteiger partial charge in [0.2, 0.25) is 0 Å². The summed E-state index contributed by atoms with van der Waals surface area (Å²) in [4.78, 5) is 0. The van der Waals surface area contributed by atoms with E-state index in [0.717, 1.165) is 11.4 Å². The topological polar surface area (TPSA) is 92.5 Å². The van der Waals surface area contributed by atoms with Crippen molar-refractivity contribution in [3.8, 4) is 11.5 Å². The zero-order chi connectivity index (χ0) is 12.0. The van der Waals surface area contributed by atoms with Crippen LogP contribution in [0.15, 0.2) is 48.5 Å². The maximum Gasteiger partial charge on any atom is 0.157 e. The lowest BCUT2D eigenvalue weighted by molar-refractivity contribution is 0.404. The SMILES string of the molecule is Cl.Cl.Nc1ccc(N)cc1.Oc1ccccc1O. The highest BCUT2D eigenvalue weighted by atomic mass is 35.5. The maximum atomic E-state index is 8.67. The van der Waals surface area contributed by atoms with E-state index in [0.29, 0.717) is 0 Å².